The van der Waals surface area contributed by atoms with E-state index in [1.54, 1.807) is 17.0 Å². The van der Waals surface area contributed by atoms with Crippen molar-refractivity contribution in [3.05, 3.63) is 60.2 Å². The van der Waals surface area contributed by atoms with E-state index in [1.165, 1.54) is 26.3 Å². The van der Waals surface area contributed by atoms with Crippen LogP contribution in [-0.4, -0.2) is 39.5 Å². The maximum atomic E-state index is 13.1. The zero-order valence-corrected chi connectivity index (χ0v) is 16.1. The van der Waals surface area contributed by atoms with Gasteiger partial charge < -0.3 is 4.90 Å². The van der Waals surface area contributed by atoms with Crippen LogP contribution >= 0.6 is 0 Å². The molecule has 140 valence electrons. The number of hydroxylamine groups is 1. The monoisotopic (exact) mass is 376 g/mol. The second-order valence-electron chi connectivity index (χ2n) is 5.77. The number of anilines is 1. The van der Waals surface area contributed by atoms with Crippen LogP contribution in [0, 0.1) is 0 Å². The lowest BCUT2D eigenvalue weighted by molar-refractivity contribution is -0.0258. The van der Waals surface area contributed by atoms with E-state index in [0.717, 1.165) is 23.0 Å². The molecule has 26 heavy (non-hydrogen) atoms. The molecule has 2 rings (SSSR count). The number of amides is 1. The molecule has 0 aliphatic heterocycles. The Balaban J connectivity index is 2.39. The normalized spacial score (nSPS) is 11.5. The molecule has 6 nitrogen and oxygen atoms in total. The summed E-state index contributed by atoms with van der Waals surface area (Å²) in [4.78, 5) is 19.5. The fraction of sp³-hybridized carbons (Fsp3) is 0.316. The van der Waals surface area contributed by atoms with Crippen molar-refractivity contribution in [2.75, 3.05) is 25.6 Å². The first-order chi connectivity index (χ1) is 12.4. The first-order valence-corrected chi connectivity index (χ1v) is 9.85. The third kappa shape index (κ3) is 4.49. The van der Waals surface area contributed by atoms with Crippen LogP contribution in [0.4, 0.5) is 5.69 Å². The van der Waals surface area contributed by atoms with Gasteiger partial charge >= 0.3 is 0 Å². The molecular weight excluding hydrogens is 352 g/mol. The fourth-order valence-electron chi connectivity index (χ4n) is 2.46. The van der Waals surface area contributed by atoms with Gasteiger partial charge in [-0.25, -0.2) is 8.42 Å². The summed E-state index contributed by atoms with van der Waals surface area (Å²) >= 11 is 0. The lowest BCUT2D eigenvalue weighted by Crippen LogP contribution is -2.32. The Morgan fingerprint density at radius 3 is 2.38 bits per heavy atom. The van der Waals surface area contributed by atoms with Crippen molar-refractivity contribution in [2.24, 2.45) is 0 Å². The first-order valence-electron chi connectivity index (χ1n) is 8.41. The SMILES string of the molecule is CCCCN(C(=O)c1cccc(S(=O)(=O)N(C)OC)c1)c1ccccc1. The molecule has 2 aromatic rings. The van der Waals surface area contributed by atoms with E-state index in [-0.39, 0.29) is 10.8 Å². The van der Waals surface area contributed by atoms with Gasteiger partial charge in [0.25, 0.3) is 15.9 Å². The maximum absolute atomic E-state index is 13.1. The molecule has 0 unspecified atom stereocenters. The van der Waals surface area contributed by atoms with Gasteiger partial charge in [-0.3, -0.25) is 9.63 Å². The Kier molecular flexibility index (Phi) is 6.90. The third-order valence-corrected chi connectivity index (χ3v) is 5.70. The zero-order valence-electron chi connectivity index (χ0n) is 15.3. The predicted octanol–water partition coefficient (Wildman–Crippen LogP) is 3.32. The number of carbonyl (C=O) groups excluding carboxylic acids is 1. The van der Waals surface area contributed by atoms with Gasteiger partial charge in [0.1, 0.15) is 0 Å². The number of hydrogen-bond donors (Lipinski definition) is 0. The van der Waals surface area contributed by atoms with Crippen LogP contribution in [0.5, 0.6) is 0 Å². The average Bonchev–Trinajstić information content (AvgIpc) is 2.68. The second-order valence-corrected chi connectivity index (χ2v) is 7.71. The van der Waals surface area contributed by atoms with Crippen molar-refractivity contribution in [3.8, 4) is 0 Å². The summed E-state index contributed by atoms with van der Waals surface area (Å²) in [5, 5.41) is 0. The summed E-state index contributed by atoms with van der Waals surface area (Å²) in [5.74, 6) is -0.234. The standard InChI is InChI=1S/C19H24N2O4S/c1-4-5-14-21(17-11-7-6-8-12-17)19(22)16-10-9-13-18(15-16)26(23,24)20(2)25-3/h6-13,15H,4-5,14H2,1-3H3. The van der Waals surface area contributed by atoms with Crippen LogP contribution in [0.1, 0.15) is 30.1 Å². The first kappa shape index (κ1) is 20.1. The Labute approximate surface area is 155 Å². The van der Waals surface area contributed by atoms with Crippen LogP contribution in [0.15, 0.2) is 59.5 Å². The lowest BCUT2D eigenvalue weighted by atomic mass is 10.1. The predicted molar refractivity (Wildman–Crippen MR) is 101 cm³/mol. The molecule has 0 fully saturated rings. The van der Waals surface area contributed by atoms with Crippen molar-refractivity contribution >= 4 is 21.6 Å². The Morgan fingerprint density at radius 1 is 1.08 bits per heavy atom. The van der Waals surface area contributed by atoms with Crippen molar-refractivity contribution < 1.29 is 18.0 Å². The molecule has 0 spiro atoms. The van der Waals surface area contributed by atoms with Crippen molar-refractivity contribution in [2.45, 2.75) is 24.7 Å². The summed E-state index contributed by atoms with van der Waals surface area (Å²) < 4.78 is 25.6. The summed E-state index contributed by atoms with van der Waals surface area (Å²) in [6.45, 7) is 2.62. The van der Waals surface area contributed by atoms with Crippen LogP contribution in [0.2, 0.25) is 0 Å². The Morgan fingerprint density at radius 2 is 1.77 bits per heavy atom. The zero-order chi connectivity index (χ0) is 19.2. The number of unbranched alkanes of at least 4 members (excludes halogenated alkanes) is 1. The molecule has 0 bridgehead atoms. The van der Waals surface area contributed by atoms with E-state index in [9.17, 15) is 13.2 Å². The Hall–Kier alpha value is -2.22. The Bertz CT molecular complexity index is 838. The number of rotatable bonds is 8. The van der Waals surface area contributed by atoms with E-state index in [2.05, 4.69) is 6.92 Å². The summed E-state index contributed by atoms with van der Waals surface area (Å²) in [5.41, 5.74) is 1.10. The molecule has 0 aromatic heterocycles. The van der Waals surface area contributed by atoms with Gasteiger partial charge in [-0.15, -0.1) is 0 Å². The highest BCUT2D eigenvalue weighted by molar-refractivity contribution is 7.89. The molecule has 1 amide bonds. The minimum Gasteiger partial charge on any atom is -0.308 e. The molecule has 0 N–H and O–H groups in total. The van der Waals surface area contributed by atoms with Gasteiger partial charge in [-0.2, -0.15) is 0 Å². The van der Waals surface area contributed by atoms with E-state index in [4.69, 9.17) is 4.84 Å². The minimum atomic E-state index is -3.81. The highest BCUT2D eigenvalue weighted by atomic mass is 32.2. The molecule has 0 saturated carbocycles. The van der Waals surface area contributed by atoms with Crippen LogP contribution in [0.3, 0.4) is 0 Å². The largest absolute Gasteiger partial charge is 0.308 e. The number of benzene rings is 2. The molecule has 0 aliphatic rings. The van der Waals surface area contributed by atoms with E-state index < -0.39 is 10.0 Å². The van der Waals surface area contributed by atoms with Gasteiger partial charge in [-0.1, -0.05) is 42.1 Å². The molecular formula is C19H24N2O4S. The molecule has 0 saturated heterocycles. The van der Waals surface area contributed by atoms with Gasteiger partial charge in [-0.05, 0) is 36.8 Å². The van der Waals surface area contributed by atoms with Crippen molar-refractivity contribution in [1.82, 2.24) is 4.47 Å². The summed E-state index contributed by atoms with van der Waals surface area (Å²) in [6, 6.07) is 15.4. The van der Waals surface area contributed by atoms with E-state index in [0.29, 0.717) is 12.1 Å². The average molecular weight is 376 g/mol. The third-order valence-electron chi connectivity index (χ3n) is 4.02. The van der Waals surface area contributed by atoms with Crippen LogP contribution in [0.25, 0.3) is 0 Å². The topological polar surface area (TPSA) is 66.9 Å². The van der Waals surface area contributed by atoms with E-state index >= 15 is 0 Å². The van der Waals surface area contributed by atoms with Crippen molar-refractivity contribution in [1.29, 1.82) is 0 Å². The van der Waals surface area contributed by atoms with Gasteiger partial charge in [0.2, 0.25) is 0 Å². The fourth-order valence-corrected chi connectivity index (χ4v) is 3.48. The lowest BCUT2D eigenvalue weighted by Gasteiger charge is -2.23. The van der Waals surface area contributed by atoms with Gasteiger partial charge in [0, 0.05) is 24.8 Å². The van der Waals surface area contributed by atoms with Gasteiger partial charge in [0.05, 0.1) is 12.0 Å². The second kappa shape index (κ2) is 8.93. The van der Waals surface area contributed by atoms with Crippen LogP contribution < -0.4 is 4.90 Å². The smallest absolute Gasteiger partial charge is 0.264 e. The summed E-state index contributed by atoms with van der Waals surface area (Å²) in [7, 11) is -1.23. The number of carbonyl (C=O) groups is 1. The number of nitrogens with zero attached hydrogens (tertiary/aromatic N) is 2. The highest BCUT2D eigenvalue weighted by Gasteiger charge is 2.23. The van der Waals surface area contributed by atoms with Crippen LogP contribution in [-0.2, 0) is 14.9 Å². The maximum Gasteiger partial charge on any atom is 0.264 e. The number of hydrogen-bond acceptors (Lipinski definition) is 4. The highest BCUT2D eigenvalue weighted by Crippen LogP contribution is 2.21. The molecule has 0 atom stereocenters. The molecule has 7 heteroatoms. The van der Waals surface area contributed by atoms with Gasteiger partial charge in [0.15, 0.2) is 0 Å². The quantitative estimate of drug-likeness (QED) is 0.663. The minimum absolute atomic E-state index is 0.0104. The molecule has 0 radical (unpaired) electrons. The molecule has 2 aromatic carbocycles. The number of para-hydroxylation sites is 1. The molecule has 0 heterocycles. The van der Waals surface area contributed by atoms with E-state index in [1.807, 2.05) is 30.3 Å². The summed E-state index contributed by atoms with van der Waals surface area (Å²) in [6.07, 6.45) is 1.80. The van der Waals surface area contributed by atoms with Crippen molar-refractivity contribution in [3.63, 3.8) is 0 Å². The number of sulfonamides is 1. The molecule has 0 aliphatic carbocycles.